The van der Waals surface area contributed by atoms with Crippen LogP contribution in [0, 0.1) is 6.92 Å². The molecule has 0 radical (unpaired) electrons. The zero-order valence-corrected chi connectivity index (χ0v) is 11.6. The number of hydrogen-bond acceptors (Lipinski definition) is 4. The molecule has 2 N–H and O–H groups in total. The summed E-state index contributed by atoms with van der Waals surface area (Å²) in [6.45, 7) is 4.66. The molecule has 0 saturated heterocycles. The summed E-state index contributed by atoms with van der Waals surface area (Å²) in [5.74, 6) is 1.62. The topological polar surface area (TPSA) is 62.3 Å². The van der Waals surface area contributed by atoms with Crippen molar-refractivity contribution in [3.05, 3.63) is 30.0 Å². The fourth-order valence-corrected chi connectivity index (χ4v) is 2.39. The number of fused-ring (bicyclic) bond motifs is 1. The second-order valence-electron chi connectivity index (χ2n) is 4.89. The molecule has 3 rings (SSSR count). The van der Waals surface area contributed by atoms with Gasteiger partial charge in [-0.3, -0.25) is 4.68 Å². The molecule has 0 spiro atoms. The molecule has 0 atom stereocenters. The van der Waals surface area contributed by atoms with Gasteiger partial charge >= 0.3 is 0 Å². The van der Waals surface area contributed by atoms with Crippen molar-refractivity contribution in [1.82, 2.24) is 9.78 Å². The molecule has 1 aliphatic heterocycles. The van der Waals surface area contributed by atoms with Crippen LogP contribution in [0.5, 0.6) is 11.5 Å². The Morgan fingerprint density at radius 1 is 1.20 bits per heavy atom. The van der Waals surface area contributed by atoms with Crippen molar-refractivity contribution in [2.45, 2.75) is 19.9 Å². The van der Waals surface area contributed by atoms with Crippen molar-refractivity contribution in [2.75, 3.05) is 19.8 Å². The maximum atomic E-state index is 5.74. The van der Waals surface area contributed by atoms with E-state index < -0.39 is 0 Å². The van der Waals surface area contributed by atoms with Crippen LogP contribution in [-0.4, -0.2) is 29.5 Å². The third kappa shape index (κ3) is 2.49. The Kier molecular flexibility index (Phi) is 3.60. The van der Waals surface area contributed by atoms with Gasteiger partial charge in [0.15, 0.2) is 11.5 Å². The van der Waals surface area contributed by atoms with Crippen molar-refractivity contribution in [1.29, 1.82) is 0 Å². The van der Waals surface area contributed by atoms with Gasteiger partial charge in [-0.2, -0.15) is 5.10 Å². The number of nitrogens with zero attached hydrogens (tertiary/aromatic N) is 2. The molecule has 0 saturated carbocycles. The van der Waals surface area contributed by atoms with Gasteiger partial charge in [0.25, 0.3) is 0 Å². The third-order valence-electron chi connectivity index (χ3n) is 3.29. The molecule has 0 fully saturated rings. The summed E-state index contributed by atoms with van der Waals surface area (Å²) in [5, 5.41) is 4.47. The van der Waals surface area contributed by atoms with Gasteiger partial charge in [0.1, 0.15) is 0 Å². The van der Waals surface area contributed by atoms with Crippen LogP contribution in [0.2, 0.25) is 0 Å². The van der Waals surface area contributed by atoms with Crippen molar-refractivity contribution < 1.29 is 9.47 Å². The molecule has 1 aromatic carbocycles. The summed E-state index contributed by atoms with van der Waals surface area (Å²) >= 11 is 0. The van der Waals surface area contributed by atoms with Crippen molar-refractivity contribution in [3.63, 3.8) is 0 Å². The van der Waals surface area contributed by atoms with Gasteiger partial charge in [0.05, 0.1) is 31.1 Å². The standard InChI is InChI=1S/C15H19N3O2/c1-11-9-13(18(17-11)6-5-16)12-3-4-14-15(10-12)20-8-2-7-19-14/h3-4,9-10H,2,5-8,16H2,1H3. The Balaban J connectivity index is 2.00. The van der Waals surface area contributed by atoms with Gasteiger partial charge in [-0.05, 0) is 31.2 Å². The van der Waals surface area contributed by atoms with E-state index in [-0.39, 0.29) is 0 Å². The molecule has 20 heavy (non-hydrogen) atoms. The van der Waals surface area contributed by atoms with Crippen LogP contribution in [-0.2, 0) is 6.54 Å². The monoisotopic (exact) mass is 273 g/mol. The molecule has 5 heteroatoms. The first-order chi connectivity index (χ1) is 9.78. The van der Waals surface area contributed by atoms with Crippen LogP contribution in [0.25, 0.3) is 11.3 Å². The van der Waals surface area contributed by atoms with Crippen LogP contribution in [0.15, 0.2) is 24.3 Å². The number of benzene rings is 1. The number of hydrogen-bond donors (Lipinski definition) is 1. The number of aryl methyl sites for hydroxylation is 1. The molecule has 106 valence electrons. The highest BCUT2D eigenvalue weighted by Crippen LogP contribution is 2.34. The Bertz CT molecular complexity index is 607. The fraction of sp³-hybridized carbons (Fsp3) is 0.400. The molecule has 5 nitrogen and oxygen atoms in total. The van der Waals surface area contributed by atoms with Gasteiger partial charge in [-0.15, -0.1) is 0 Å². The predicted molar refractivity (Wildman–Crippen MR) is 77.1 cm³/mol. The first kappa shape index (κ1) is 13.0. The Morgan fingerprint density at radius 3 is 2.80 bits per heavy atom. The van der Waals surface area contributed by atoms with E-state index in [9.17, 15) is 0 Å². The Morgan fingerprint density at radius 2 is 2.00 bits per heavy atom. The molecular formula is C15H19N3O2. The average Bonchev–Trinajstić information content (AvgIpc) is 2.68. The van der Waals surface area contributed by atoms with Gasteiger partial charge in [0.2, 0.25) is 0 Å². The van der Waals surface area contributed by atoms with Gasteiger partial charge < -0.3 is 15.2 Å². The zero-order chi connectivity index (χ0) is 13.9. The summed E-state index contributed by atoms with van der Waals surface area (Å²) < 4.78 is 13.3. The summed E-state index contributed by atoms with van der Waals surface area (Å²) in [6.07, 6.45) is 0.911. The number of rotatable bonds is 3. The maximum absolute atomic E-state index is 5.74. The van der Waals surface area contributed by atoms with Crippen LogP contribution < -0.4 is 15.2 Å². The highest BCUT2D eigenvalue weighted by molar-refractivity contribution is 5.64. The minimum atomic E-state index is 0.568. The maximum Gasteiger partial charge on any atom is 0.161 e. The molecule has 2 aromatic rings. The molecule has 2 heterocycles. The lowest BCUT2D eigenvalue weighted by Crippen LogP contribution is -2.12. The summed E-state index contributed by atoms with van der Waals surface area (Å²) in [7, 11) is 0. The van der Waals surface area contributed by atoms with E-state index in [4.69, 9.17) is 15.2 Å². The highest BCUT2D eigenvalue weighted by Gasteiger charge is 2.14. The lowest BCUT2D eigenvalue weighted by atomic mass is 10.1. The molecular weight excluding hydrogens is 254 g/mol. The average molecular weight is 273 g/mol. The minimum absolute atomic E-state index is 0.568. The molecule has 1 aromatic heterocycles. The molecule has 0 unspecified atom stereocenters. The van der Waals surface area contributed by atoms with Crippen LogP contribution in [0.3, 0.4) is 0 Å². The molecule has 1 aliphatic rings. The SMILES string of the molecule is Cc1cc(-c2ccc3c(c2)OCCCO3)n(CCN)n1. The van der Waals surface area contributed by atoms with Crippen LogP contribution >= 0.6 is 0 Å². The van der Waals surface area contributed by atoms with Crippen LogP contribution in [0.1, 0.15) is 12.1 Å². The molecule has 0 aliphatic carbocycles. The van der Waals surface area contributed by atoms with E-state index in [1.165, 1.54) is 0 Å². The van der Waals surface area contributed by atoms with E-state index in [0.717, 1.165) is 34.9 Å². The van der Waals surface area contributed by atoms with E-state index in [2.05, 4.69) is 11.2 Å². The molecule has 0 amide bonds. The number of nitrogens with two attached hydrogens (primary N) is 1. The predicted octanol–water partition coefficient (Wildman–Crippen LogP) is 1.98. The third-order valence-corrected chi connectivity index (χ3v) is 3.29. The van der Waals surface area contributed by atoms with Gasteiger partial charge in [-0.25, -0.2) is 0 Å². The van der Waals surface area contributed by atoms with E-state index in [1.54, 1.807) is 0 Å². The Hall–Kier alpha value is -2.01. The van der Waals surface area contributed by atoms with Crippen LogP contribution in [0.4, 0.5) is 0 Å². The first-order valence-electron chi connectivity index (χ1n) is 6.92. The summed E-state index contributed by atoms with van der Waals surface area (Å²) in [6, 6.07) is 8.08. The van der Waals surface area contributed by atoms with Crippen molar-refractivity contribution in [3.8, 4) is 22.8 Å². The largest absolute Gasteiger partial charge is 0.490 e. The first-order valence-corrected chi connectivity index (χ1v) is 6.92. The Labute approximate surface area is 118 Å². The summed E-state index contributed by atoms with van der Waals surface area (Å²) in [4.78, 5) is 0. The van der Waals surface area contributed by atoms with E-state index in [1.807, 2.05) is 29.8 Å². The van der Waals surface area contributed by atoms with Gasteiger partial charge in [-0.1, -0.05) is 0 Å². The molecule has 0 bridgehead atoms. The van der Waals surface area contributed by atoms with Gasteiger partial charge in [0, 0.05) is 18.5 Å². The normalized spacial score (nSPS) is 14.1. The van der Waals surface area contributed by atoms with E-state index >= 15 is 0 Å². The fourth-order valence-electron chi connectivity index (χ4n) is 2.39. The lowest BCUT2D eigenvalue weighted by Gasteiger charge is -2.10. The van der Waals surface area contributed by atoms with E-state index in [0.29, 0.717) is 26.3 Å². The zero-order valence-electron chi connectivity index (χ0n) is 11.6. The number of aromatic nitrogens is 2. The van der Waals surface area contributed by atoms with Crippen molar-refractivity contribution in [2.24, 2.45) is 5.73 Å². The highest BCUT2D eigenvalue weighted by atomic mass is 16.5. The second kappa shape index (κ2) is 5.54. The summed E-state index contributed by atoms with van der Waals surface area (Å²) in [5.41, 5.74) is 8.76. The number of ether oxygens (including phenoxy) is 2. The minimum Gasteiger partial charge on any atom is -0.490 e. The quantitative estimate of drug-likeness (QED) is 0.929. The second-order valence-corrected chi connectivity index (χ2v) is 4.89. The smallest absolute Gasteiger partial charge is 0.161 e. The van der Waals surface area contributed by atoms with Crippen molar-refractivity contribution >= 4 is 0 Å². The lowest BCUT2D eigenvalue weighted by molar-refractivity contribution is 0.297.